The van der Waals surface area contributed by atoms with Crippen LogP contribution in [0.15, 0.2) is 24.5 Å². The molecule has 0 aliphatic heterocycles. The van der Waals surface area contributed by atoms with Crippen molar-refractivity contribution in [3.8, 4) is 6.07 Å². The van der Waals surface area contributed by atoms with Crippen LogP contribution >= 0.6 is 0 Å². The van der Waals surface area contributed by atoms with Crippen LogP contribution in [0.3, 0.4) is 0 Å². The van der Waals surface area contributed by atoms with Gasteiger partial charge in [-0.2, -0.15) is 5.26 Å². The van der Waals surface area contributed by atoms with Gasteiger partial charge in [0.2, 0.25) is 0 Å². The molecule has 2 aromatic rings. The monoisotopic (exact) mass is 298 g/mol. The van der Waals surface area contributed by atoms with Gasteiger partial charge in [-0.15, -0.1) is 0 Å². The van der Waals surface area contributed by atoms with Gasteiger partial charge in [0.05, 0.1) is 29.0 Å². The second-order valence-corrected chi connectivity index (χ2v) is 6.49. The molecule has 1 atom stereocenters. The molecule has 4 nitrogen and oxygen atoms in total. The Morgan fingerprint density at radius 3 is 2.77 bits per heavy atom. The minimum absolute atomic E-state index is 0.228. The maximum atomic E-state index is 9.10. The fourth-order valence-corrected chi connectivity index (χ4v) is 3.08. The van der Waals surface area contributed by atoms with Crippen molar-refractivity contribution in [3.05, 3.63) is 30.1 Å². The molecule has 1 aromatic heterocycles. The first-order valence-electron chi connectivity index (χ1n) is 8.17. The van der Waals surface area contributed by atoms with Crippen molar-refractivity contribution in [1.82, 2.24) is 9.55 Å². The third-order valence-corrected chi connectivity index (χ3v) is 4.42. The normalized spacial score (nSPS) is 13.9. The summed E-state index contributed by atoms with van der Waals surface area (Å²) < 4.78 is 2.20. The third kappa shape index (κ3) is 3.86. The fourth-order valence-electron chi connectivity index (χ4n) is 3.08. The van der Waals surface area contributed by atoms with Gasteiger partial charge in [-0.1, -0.05) is 26.7 Å². The van der Waals surface area contributed by atoms with Crippen LogP contribution < -0.4 is 5.73 Å². The molecule has 0 aliphatic rings. The van der Waals surface area contributed by atoms with E-state index in [4.69, 9.17) is 11.0 Å². The van der Waals surface area contributed by atoms with Crippen LogP contribution in [0.2, 0.25) is 0 Å². The van der Waals surface area contributed by atoms with Crippen LogP contribution in [0.25, 0.3) is 11.0 Å². The van der Waals surface area contributed by atoms with Crippen molar-refractivity contribution >= 4 is 11.0 Å². The molecule has 1 aromatic carbocycles. The maximum absolute atomic E-state index is 9.10. The molecule has 2 N–H and O–H groups in total. The average Bonchev–Trinajstić information content (AvgIpc) is 2.93. The summed E-state index contributed by atoms with van der Waals surface area (Å²) in [6.07, 6.45) is 7.72. The van der Waals surface area contributed by atoms with Gasteiger partial charge in [-0.3, -0.25) is 0 Å². The average molecular weight is 298 g/mol. The predicted molar refractivity (Wildman–Crippen MR) is 90.4 cm³/mol. The van der Waals surface area contributed by atoms with Gasteiger partial charge >= 0.3 is 0 Å². The lowest BCUT2D eigenvalue weighted by atomic mass is 9.80. The van der Waals surface area contributed by atoms with Gasteiger partial charge in [-0.05, 0) is 49.4 Å². The topological polar surface area (TPSA) is 67.6 Å². The van der Waals surface area contributed by atoms with Gasteiger partial charge < -0.3 is 10.3 Å². The molecule has 2 rings (SSSR count). The summed E-state index contributed by atoms with van der Waals surface area (Å²) in [5.41, 5.74) is 8.63. The largest absolute Gasteiger partial charge is 0.330 e. The molecule has 0 saturated carbocycles. The molecular weight excluding hydrogens is 272 g/mol. The van der Waals surface area contributed by atoms with E-state index in [1.54, 1.807) is 0 Å². The zero-order valence-electron chi connectivity index (χ0n) is 13.7. The van der Waals surface area contributed by atoms with Crippen LogP contribution in [-0.4, -0.2) is 16.1 Å². The number of hydrogen-bond acceptors (Lipinski definition) is 3. The SMILES string of the molecule is CCCCC(C)(CCCN)Cn1cnc2ccc(C#N)cc21. The highest BCUT2D eigenvalue weighted by molar-refractivity contribution is 5.76. The molecule has 1 heterocycles. The maximum Gasteiger partial charge on any atom is 0.0992 e. The van der Waals surface area contributed by atoms with Crippen molar-refractivity contribution in [2.45, 2.75) is 52.5 Å². The van der Waals surface area contributed by atoms with E-state index in [1.807, 2.05) is 24.5 Å². The predicted octanol–water partition coefficient (Wildman–Crippen LogP) is 3.84. The number of aromatic nitrogens is 2. The quantitative estimate of drug-likeness (QED) is 0.805. The Kier molecular flexibility index (Phi) is 5.57. The lowest BCUT2D eigenvalue weighted by molar-refractivity contribution is 0.220. The molecule has 0 aliphatic carbocycles. The van der Waals surface area contributed by atoms with Crippen molar-refractivity contribution in [1.29, 1.82) is 5.26 Å². The lowest BCUT2D eigenvalue weighted by Crippen LogP contribution is -2.24. The Bertz CT molecular complexity index is 643. The zero-order valence-corrected chi connectivity index (χ0v) is 13.7. The Hall–Kier alpha value is -1.86. The van der Waals surface area contributed by atoms with E-state index < -0.39 is 0 Å². The summed E-state index contributed by atoms with van der Waals surface area (Å²) in [4.78, 5) is 4.47. The number of imidazole rings is 1. The van der Waals surface area contributed by atoms with E-state index in [0.717, 1.165) is 37.0 Å². The van der Waals surface area contributed by atoms with Gasteiger partial charge in [0.15, 0.2) is 0 Å². The summed E-state index contributed by atoms with van der Waals surface area (Å²) in [6, 6.07) is 7.89. The number of nitrogens with two attached hydrogens (primary N) is 1. The number of benzene rings is 1. The van der Waals surface area contributed by atoms with Gasteiger partial charge in [0, 0.05) is 6.54 Å². The molecule has 0 amide bonds. The number of nitrogens with zero attached hydrogens (tertiary/aromatic N) is 3. The van der Waals surface area contributed by atoms with Crippen LogP contribution in [-0.2, 0) is 6.54 Å². The Morgan fingerprint density at radius 2 is 2.09 bits per heavy atom. The molecular formula is C18H26N4. The molecule has 0 fully saturated rings. The van der Waals surface area contributed by atoms with Crippen molar-refractivity contribution in [2.24, 2.45) is 11.1 Å². The fraction of sp³-hybridized carbons (Fsp3) is 0.556. The lowest BCUT2D eigenvalue weighted by Gasteiger charge is -2.30. The highest BCUT2D eigenvalue weighted by Crippen LogP contribution is 2.33. The molecule has 22 heavy (non-hydrogen) atoms. The summed E-state index contributed by atoms with van der Waals surface area (Å²) >= 11 is 0. The Balaban J connectivity index is 2.27. The zero-order chi connectivity index (χ0) is 16.0. The minimum Gasteiger partial charge on any atom is -0.330 e. The number of rotatable bonds is 8. The Labute approximate surface area is 132 Å². The van der Waals surface area contributed by atoms with E-state index in [-0.39, 0.29) is 5.41 Å². The van der Waals surface area contributed by atoms with Crippen molar-refractivity contribution in [2.75, 3.05) is 6.54 Å². The second kappa shape index (κ2) is 7.42. The van der Waals surface area contributed by atoms with Crippen LogP contribution in [0, 0.1) is 16.7 Å². The van der Waals surface area contributed by atoms with E-state index in [0.29, 0.717) is 5.56 Å². The summed E-state index contributed by atoms with van der Waals surface area (Å²) in [5.74, 6) is 0. The molecule has 118 valence electrons. The van der Waals surface area contributed by atoms with E-state index in [1.165, 1.54) is 19.3 Å². The number of nitriles is 1. The van der Waals surface area contributed by atoms with Crippen molar-refractivity contribution < 1.29 is 0 Å². The van der Waals surface area contributed by atoms with Crippen LogP contribution in [0.4, 0.5) is 0 Å². The number of fused-ring (bicyclic) bond motifs is 1. The Morgan fingerprint density at radius 1 is 1.32 bits per heavy atom. The smallest absolute Gasteiger partial charge is 0.0992 e. The first-order valence-corrected chi connectivity index (χ1v) is 8.17. The third-order valence-electron chi connectivity index (χ3n) is 4.42. The van der Waals surface area contributed by atoms with E-state index in [9.17, 15) is 0 Å². The first kappa shape index (κ1) is 16.5. The van der Waals surface area contributed by atoms with Gasteiger partial charge in [0.25, 0.3) is 0 Å². The van der Waals surface area contributed by atoms with E-state index >= 15 is 0 Å². The second-order valence-electron chi connectivity index (χ2n) is 6.49. The molecule has 0 radical (unpaired) electrons. The molecule has 1 unspecified atom stereocenters. The highest BCUT2D eigenvalue weighted by atomic mass is 15.0. The number of hydrogen-bond donors (Lipinski definition) is 1. The standard InChI is InChI=1S/C18H26N4/c1-3-4-8-18(2,9-5-10-19)13-22-14-21-16-7-6-15(12-20)11-17(16)22/h6-7,11,14H,3-5,8-10,13,19H2,1-2H3. The van der Waals surface area contributed by atoms with Crippen molar-refractivity contribution in [3.63, 3.8) is 0 Å². The summed E-state index contributed by atoms with van der Waals surface area (Å²) in [6.45, 7) is 6.25. The number of unbranched alkanes of at least 4 members (excludes halogenated alkanes) is 1. The van der Waals surface area contributed by atoms with E-state index in [2.05, 4.69) is 29.5 Å². The summed E-state index contributed by atoms with van der Waals surface area (Å²) in [5, 5.41) is 9.10. The summed E-state index contributed by atoms with van der Waals surface area (Å²) in [7, 11) is 0. The van der Waals surface area contributed by atoms with Crippen LogP contribution in [0.1, 0.15) is 51.5 Å². The highest BCUT2D eigenvalue weighted by Gasteiger charge is 2.24. The van der Waals surface area contributed by atoms with Gasteiger partial charge in [0.1, 0.15) is 0 Å². The molecule has 0 saturated heterocycles. The van der Waals surface area contributed by atoms with Crippen LogP contribution in [0.5, 0.6) is 0 Å². The molecule has 0 bridgehead atoms. The minimum atomic E-state index is 0.228. The first-order chi connectivity index (χ1) is 10.6. The molecule has 4 heteroatoms. The van der Waals surface area contributed by atoms with Gasteiger partial charge in [-0.25, -0.2) is 4.98 Å². The molecule has 0 spiro atoms.